The molecule has 1 heterocycles. The van der Waals surface area contributed by atoms with Gasteiger partial charge in [0.1, 0.15) is 5.82 Å². The zero-order chi connectivity index (χ0) is 15.1. The van der Waals surface area contributed by atoms with Gasteiger partial charge in [-0.15, -0.1) is 0 Å². The molecule has 0 aliphatic carbocycles. The van der Waals surface area contributed by atoms with Gasteiger partial charge in [-0.25, -0.2) is 4.39 Å². The van der Waals surface area contributed by atoms with Gasteiger partial charge in [0.2, 0.25) is 0 Å². The smallest absolute Gasteiger partial charge is 0.254 e. The van der Waals surface area contributed by atoms with E-state index >= 15 is 0 Å². The average molecular weight is 283 g/mol. The summed E-state index contributed by atoms with van der Waals surface area (Å²) in [5.41, 5.74) is 6.48. The van der Waals surface area contributed by atoms with Crippen molar-refractivity contribution in [2.45, 2.75) is 6.54 Å². The number of carbonyl (C=O) groups is 1. The number of halogens is 1. The lowest BCUT2D eigenvalue weighted by molar-refractivity contribution is 0.0946. The van der Waals surface area contributed by atoms with Gasteiger partial charge in [-0.2, -0.15) is 0 Å². The van der Waals surface area contributed by atoms with Crippen molar-refractivity contribution in [3.8, 4) is 11.8 Å². The number of carbonyl (C=O) groups excluding carboxylic acids is 1. The number of nitrogens with one attached hydrogen (secondary N) is 1. The highest BCUT2D eigenvalue weighted by Crippen LogP contribution is 2.10. The van der Waals surface area contributed by atoms with Gasteiger partial charge in [-0.3, -0.25) is 9.78 Å². The second-order valence-corrected chi connectivity index (χ2v) is 4.20. The van der Waals surface area contributed by atoms with E-state index in [0.29, 0.717) is 11.3 Å². The molecule has 1 aromatic heterocycles. The fourth-order valence-electron chi connectivity index (χ4n) is 1.70. The monoisotopic (exact) mass is 283 g/mol. The number of benzene rings is 1. The molecule has 0 aliphatic heterocycles. The van der Waals surface area contributed by atoms with Crippen LogP contribution < -0.4 is 11.1 Å². The molecule has 5 heteroatoms. The molecule has 2 rings (SSSR count). The molecule has 0 atom stereocenters. The van der Waals surface area contributed by atoms with Gasteiger partial charge in [0.25, 0.3) is 5.91 Å². The topological polar surface area (TPSA) is 68.0 Å². The number of pyridine rings is 1. The van der Waals surface area contributed by atoms with Gasteiger partial charge in [0.05, 0.1) is 24.3 Å². The summed E-state index contributed by atoms with van der Waals surface area (Å²) in [7, 11) is 0. The van der Waals surface area contributed by atoms with Gasteiger partial charge in [-0.1, -0.05) is 17.9 Å². The second-order valence-electron chi connectivity index (χ2n) is 4.20. The predicted molar refractivity (Wildman–Crippen MR) is 77.7 cm³/mol. The maximum atomic E-state index is 13.7. The minimum absolute atomic E-state index is 0.0465. The van der Waals surface area contributed by atoms with E-state index < -0.39 is 11.7 Å². The zero-order valence-corrected chi connectivity index (χ0v) is 11.3. The lowest BCUT2D eigenvalue weighted by Gasteiger charge is -2.06. The van der Waals surface area contributed by atoms with E-state index in [0.717, 1.165) is 0 Å². The molecular formula is C16H14FN3O. The van der Waals surface area contributed by atoms with Crippen LogP contribution in [0, 0.1) is 17.7 Å². The van der Waals surface area contributed by atoms with E-state index in [2.05, 4.69) is 22.1 Å². The lowest BCUT2D eigenvalue weighted by Crippen LogP contribution is -2.24. The Morgan fingerprint density at radius 3 is 2.90 bits per heavy atom. The first-order valence-electron chi connectivity index (χ1n) is 6.37. The Labute approximate surface area is 122 Å². The summed E-state index contributed by atoms with van der Waals surface area (Å²) in [6.45, 7) is 0.441. The third kappa shape index (κ3) is 4.13. The van der Waals surface area contributed by atoms with Crippen molar-refractivity contribution < 1.29 is 9.18 Å². The van der Waals surface area contributed by atoms with Crippen LogP contribution in [-0.4, -0.2) is 17.4 Å². The molecule has 0 bridgehead atoms. The molecule has 1 aromatic carbocycles. The largest absolute Gasteiger partial charge is 0.346 e. The van der Waals surface area contributed by atoms with Crippen LogP contribution in [0.15, 0.2) is 42.6 Å². The molecule has 0 unspecified atom stereocenters. The van der Waals surface area contributed by atoms with Crippen LogP contribution in [0.25, 0.3) is 0 Å². The molecular weight excluding hydrogens is 269 g/mol. The van der Waals surface area contributed by atoms with E-state index in [1.807, 2.05) is 6.07 Å². The second kappa shape index (κ2) is 7.17. The number of rotatable bonds is 3. The summed E-state index contributed by atoms with van der Waals surface area (Å²) >= 11 is 0. The molecule has 2 aromatic rings. The van der Waals surface area contributed by atoms with E-state index in [-0.39, 0.29) is 18.7 Å². The first-order chi connectivity index (χ1) is 10.2. The van der Waals surface area contributed by atoms with Crippen molar-refractivity contribution in [2.24, 2.45) is 5.73 Å². The molecule has 0 saturated heterocycles. The highest BCUT2D eigenvalue weighted by atomic mass is 19.1. The van der Waals surface area contributed by atoms with Gasteiger partial charge >= 0.3 is 0 Å². The first-order valence-corrected chi connectivity index (χ1v) is 6.37. The first kappa shape index (κ1) is 14.7. The molecule has 1 amide bonds. The number of nitrogens with two attached hydrogens (primary N) is 1. The number of aromatic nitrogens is 1. The average Bonchev–Trinajstić information content (AvgIpc) is 2.53. The molecule has 0 saturated carbocycles. The normalized spacial score (nSPS) is 9.62. The van der Waals surface area contributed by atoms with Crippen molar-refractivity contribution in [2.75, 3.05) is 6.54 Å². The Morgan fingerprint density at radius 1 is 1.33 bits per heavy atom. The van der Waals surface area contributed by atoms with Crippen LogP contribution in [0.3, 0.4) is 0 Å². The minimum atomic E-state index is -0.591. The Morgan fingerprint density at radius 2 is 2.19 bits per heavy atom. The third-order valence-electron chi connectivity index (χ3n) is 2.70. The Hall–Kier alpha value is -2.71. The van der Waals surface area contributed by atoms with Crippen LogP contribution in [-0.2, 0) is 6.54 Å². The Balaban J connectivity index is 2.11. The van der Waals surface area contributed by atoms with Crippen molar-refractivity contribution in [3.63, 3.8) is 0 Å². The van der Waals surface area contributed by atoms with Gasteiger partial charge in [0, 0.05) is 11.8 Å². The summed E-state index contributed by atoms with van der Waals surface area (Å²) in [5.74, 6) is 4.33. The summed E-state index contributed by atoms with van der Waals surface area (Å²) in [6, 6.07) is 9.51. The molecule has 3 N–H and O–H groups in total. The van der Waals surface area contributed by atoms with Crippen LogP contribution in [0.2, 0.25) is 0 Å². The van der Waals surface area contributed by atoms with Gasteiger partial charge < -0.3 is 11.1 Å². The number of nitrogens with zero attached hydrogens (tertiary/aromatic N) is 1. The number of amides is 1. The number of hydrogen-bond acceptors (Lipinski definition) is 3. The van der Waals surface area contributed by atoms with E-state index in [1.165, 1.54) is 18.2 Å². The highest BCUT2D eigenvalue weighted by Gasteiger charge is 2.12. The molecule has 0 fully saturated rings. The highest BCUT2D eigenvalue weighted by molar-refractivity contribution is 5.94. The number of hydrogen-bond donors (Lipinski definition) is 2. The lowest BCUT2D eigenvalue weighted by atomic mass is 10.1. The summed E-state index contributed by atoms with van der Waals surface area (Å²) in [4.78, 5) is 16.1. The fourth-order valence-corrected chi connectivity index (χ4v) is 1.70. The van der Waals surface area contributed by atoms with Gasteiger partial charge in [0.15, 0.2) is 0 Å². The molecule has 21 heavy (non-hydrogen) atoms. The standard InChI is InChI=1S/C16H14FN3O/c17-15-7-6-12(4-3-8-18)10-14(15)16(21)20-11-13-5-1-2-9-19-13/h1-2,5-7,9-10H,8,11,18H2,(H,20,21). The maximum Gasteiger partial charge on any atom is 0.254 e. The molecule has 0 spiro atoms. The van der Waals surface area contributed by atoms with E-state index in [9.17, 15) is 9.18 Å². The van der Waals surface area contributed by atoms with E-state index in [4.69, 9.17) is 5.73 Å². The Bertz CT molecular complexity index is 690. The van der Waals surface area contributed by atoms with Crippen molar-refractivity contribution >= 4 is 5.91 Å². The van der Waals surface area contributed by atoms with Crippen LogP contribution in [0.5, 0.6) is 0 Å². The maximum absolute atomic E-state index is 13.7. The molecule has 106 valence electrons. The zero-order valence-electron chi connectivity index (χ0n) is 11.3. The molecule has 4 nitrogen and oxygen atoms in total. The SMILES string of the molecule is NCC#Cc1ccc(F)c(C(=O)NCc2ccccn2)c1. The van der Waals surface area contributed by atoms with Crippen LogP contribution in [0.4, 0.5) is 4.39 Å². The summed E-state index contributed by atoms with van der Waals surface area (Å²) in [6.07, 6.45) is 1.63. The van der Waals surface area contributed by atoms with Crippen molar-refractivity contribution in [3.05, 3.63) is 65.2 Å². The van der Waals surface area contributed by atoms with Gasteiger partial charge in [-0.05, 0) is 30.3 Å². The molecule has 0 radical (unpaired) electrons. The van der Waals surface area contributed by atoms with Crippen molar-refractivity contribution in [1.82, 2.24) is 10.3 Å². The molecule has 0 aliphatic rings. The third-order valence-corrected chi connectivity index (χ3v) is 2.70. The summed E-state index contributed by atoms with van der Waals surface area (Å²) in [5, 5.41) is 2.63. The van der Waals surface area contributed by atoms with Crippen molar-refractivity contribution in [1.29, 1.82) is 0 Å². The minimum Gasteiger partial charge on any atom is -0.346 e. The summed E-state index contributed by atoms with van der Waals surface area (Å²) < 4.78 is 13.7. The van der Waals surface area contributed by atoms with E-state index in [1.54, 1.807) is 18.3 Å². The fraction of sp³-hybridized carbons (Fsp3) is 0.125. The predicted octanol–water partition coefficient (Wildman–Crippen LogP) is 1.46. The Kier molecular flexibility index (Phi) is 5.02. The van der Waals surface area contributed by atoms with Crippen LogP contribution in [0.1, 0.15) is 21.6 Å². The van der Waals surface area contributed by atoms with Crippen LogP contribution >= 0.6 is 0 Å². The quantitative estimate of drug-likeness (QED) is 0.838.